The Hall–Kier alpha value is -2.76. The molecule has 0 spiro atoms. The first-order valence-electron chi connectivity index (χ1n) is 6.69. The standard InChI is InChI=1S/C16H16O6/c1-4-20-16(18)12-8-9-13(21-12)22-14-10(2)6-5-7-11(14)15(17)19-3/h5-9H,4H2,1-3H3. The Labute approximate surface area is 127 Å². The second-order valence-corrected chi connectivity index (χ2v) is 4.38. The van der Waals surface area contributed by atoms with E-state index < -0.39 is 11.9 Å². The monoisotopic (exact) mass is 304 g/mol. The van der Waals surface area contributed by atoms with E-state index in [1.165, 1.54) is 19.2 Å². The lowest BCUT2D eigenvalue weighted by Crippen LogP contribution is -2.04. The number of para-hydroxylation sites is 1. The molecule has 6 nitrogen and oxygen atoms in total. The highest BCUT2D eigenvalue weighted by atomic mass is 16.6. The molecular formula is C16H16O6. The molecule has 0 N–H and O–H groups in total. The fraction of sp³-hybridized carbons (Fsp3) is 0.250. The molecule has 0 bridgehead atoms. The Kier molecular flexibility index (Phi) is 4.83. The molecule has 2 aromatic rings. The maximum absolute atomic E-state index is 11.8. The molecule has 1 aromatic carbocycles. The minimum absolute atomic E-state index is 0.0325. The summed E-state index contributed by atoms with van der Waals surface area (Å²) in [6.07, 6.45) is 0. The SMILES string of the molecule is CCOC(=O)c1ccc(Oc2c(C)cccc2C(=O)OC)o1. The van der Waals surface area contributed by atoms with Crippen molar-refractivity contribution in [1.29, 1.82) is 0 Å². The van der Waals surface area contributed by atoms with E-state index in [9.17, 15) is 9.59 Å². The molecule has 0 amide bonds. The highest BCUT2D eigenvalue weighted by molar-refractivity contribution is 5.93. The quantitative estimate of drug-likeness (QED) is 0.789. The van der Waals surface area contributed by atoms with Gasteiger partial charge in [-0.2, -0.15) is 0 Å². The summed E-state index contributed by atoms with van der Waals surface area (Å²) in [5.74, 6) is -0.655. The number of carbonyl (C=O) groups is 2. The zero-order valence-electron chi connectivity index (χ0n) is 12.5. The van der Waals surface area contributed by atoms with E-state index in [1.54, 1.807) is 32.0 Å². The van der Waals surface area contributed by atoms with Crippen LogP contribution in [0.5, 0.6) is 11.7 Å². The van der Waals surface area contributed by atoms with Crippen LogP contribution in [-0.4, -0.2) is 25.7 Å². The van der Waals surface area contributed by atoms with Gasteiger partial charge in [0.2, 0.25) is 5.76 Å². The minimum Gasteiger partial charge on any atom is -0.465 e. The maximum Gasteiger partial charge on any atom is 0.374 e. The van der Waals surface area contributed by atoms with Crippen LogP contribution >= 0.6 is 0 Å². The number of ether oxygens (including phenoxy) is 3. The van der Waals surface area contributed by atoms with Crippen molar-refractivity contribution in [3.63, 3.8) is 0 Å². The number of aryl methyl sites for hydroxylation is 1. The average molecular weight is 304 g/mol. The Morgan fingerprint density at radius 2 is 1.91 bits per heavy atom. The number of furan rings is 1. The van der Waals surface area contributed by atoms with Crippen molar-refractivity contribution in [3.8, 4) is 11.7 Å². The lowest BCUT2D eigenvalue weighted by atomic mass is 10.1. The van der Waals surface area contributed by atoms with Gasteiger partial charge >= 0.3 is 11.9 Å². The molecule has 0 atom stereocenters. The number of rotatable bonds is 5. The van der Waals surface area contributed by atoms with Crippen LogP contribution in [0.4, 0.5) is 0 Å². The van der Waals surface area contributed by atoms with Crippen LogP contribution in [0.15, 0.2) is 34.7 Å². The maximum atomic E-state index is 11.8. The largest absolute Gasteiger partial charge is 0.465 e. The van der Waals surface area contributed by atoms with Crippen LogP contribution in [0.2, 0.25) is 0 Å². The zero-order valence-corrected chi connectivity index (χ0v) is 12.5. The first-order chi connectivity index (χ1) is 10.6. The summed E-state index contributed by atoms with van der Waals surface area (Å²) in [7, 11) is 1.29. The molecule has 0 saturated heterocycles. The summed E-state index contributed by atoms with van der Waals surface area (Å²) < 4.78 is 20.4. The molecule has 0 aliphatic heterocycles. The highest BCUT2D eigenvalue weighted by Gasteiger charge is 2.18. The van der Waals surface area contributed by atoms with E-state index in [-0.39, 0.29) is 23.9 Å². The number of benzene rings is 1. The number of hydrogen-bond acceptors (Lipinski definition) is 6. The number of carbonyl (C=O) groups excluding carboxylic acids is 2. The van der Waals surface area contributed by atoms with Gasteiger partial charge < -0.3 is 18.6 Å². The topological polar surface area (TPSA) is 75.0 Å². The molecule has 0 unspecified atom stereocenters. The zero-order chi connectivity index (χ0) is 16.1. The van der Waals surface area contributed by atoms with E-state index in [0.717, 1.165) is 5.56 Å². The van der Waals surface area contributed by atoms with Gasteiger partial charge in [0.05, 0.1) is 13.7 Å². The highest BCUT2D eigenvalue weighted by Crippen LogP contribution is 2.30. The molecular weight excluding hydrogens is 288 g/mol. The molecule has 0 fully saturated rings. The average Bonchev–Trinajstić information content (AvgIpc) is 2.97. The predicted octanol–water partition coefficient (Wildman–Crippen LogP) is 3.34. The lowest BCUT2D eigenvalue weighted by molar-refractivity contribution is 0.0483. The molecule has 116 valence electrons. The van der Waals surface area contributed by atoms with Crippen LogP contribution < -0.4 is 4.74 Å². The van der Waals surface area contributed by atoms with Crippen molar-refractivity contribution >= 4 is 11.9 Å². The van der Waals surface area contributed by atoms with Gasteiger partial charge in [-0.25, -0.2) is 9.59 Å². The van der Waals surface area contributed by atoms with Crippen molar-refractivity contribution in [1.82, 2.24) is 0 Å². The number of methoxy groups -OCH3 is 1. The van der Waals surface area contributed by atoms with E-state index in [0.29, 0.717) is 5.75 Å². The van der Waals surface area contributed by atoms with Crippen molar-refractivity contribution in [2.75, 3.05) is 13.7 Å². The fourth-order valence-corrected chi connectivity index (χ4v) is 1.85. The normalized spacial score (nSPS) is 10.1. The molecule has 1 aromatic heterocycles. The lowest BCUT2D eigenvalue weighted by Gasteiger charge is -2.10. The van der Waals surface area contributed by atoms with Crippen molar-refractivity contribution in [2.45, 2.75) is 13.8 Å². The summed E-state index contributed by atoms with van der Waals surface area (Å²) >= 11 is 0. The molecule has 22 heavy (non-hydrogen) atoms. The summed E-state index contributed by atoms with van der Waals surface area (Å²) in [6, 6.07) is 8.03. The Bertz CT molecular complexity index is 686. The van der Waals surface area contributed by atoms with E-state index in [1.807, 2.05) is 0 Å². The van der Waals surface area contributed by atoms with Gasteiger partial charge in [-0.05, 0) is 31.5 Å². The summed E-state index contributed by atoms with van der Waals surface area (Å²) in [5, 5.41) is 0. The van der Waals surface area contributed by atoms with Gasteiger partial charge in [0.15, 0.2) is 0 Å². The summed E-state index contributed by atoms with van der Waals surface area (Å²) in [4.78, 5) is 23.3. The van der Waals surface area contributed by atoms with Gasteiger partial charge in [-0.1, -0.05) is 12.1 Å². The van der Waals surface area contributed by atoms with Gasteiger partial charge in [0.1, 0.15) is 11.3 Å². The molecule has 0 aliphatic carbocycles. The van der Waals surface area contributed by atoms with E-state index in [2.05, 4.69) is 0 Å². The van der Waals surface area contributed by atoms with Gasteiger partial charge in [0, 0.05) is 6.07 Å². The minimum atomic E-state index is -0.574. The van der Waals surface area contributed by atoms with Gasteiger partial charge in [-0.3, -0.25) is 0 Å². The van der Waals surface area contributed by atoms with Crippen LogP contribution in [0, 0.1) is 6.92 Å². The van der Waals surface area contributed by atoms with Gasteiger partial charge in [-0.15, -0.1) is 0 Å². The summed E-state index contributed by atoms with van der Waals surface area (Å²) in [5.41, 5.74) is 1.01. The van der Waals surface area contributed by atoms with E-state index in [4.69, 9.17) is 18.6 Å². The first kappa shape index (κ1) is 15.6. The molecule has 2 rings (SSSR count). The van der Waals surface area contributed by atoms with Crippen LogP contribution in [0.3, 0.4) is 0 Å². The second kappa shape index (κ2) is 6.80. The first-order valence-corrected chi connectivity index (χ1v) is 6.69. The molecule has 1 heterocycles. The van der Waals surface area contributed by atoms with Crippen molar-refractivity contribution < 1.29 is 28.2 Å². The molecule has 0 radical (unpaired) electrons. The van der Waals surface area contributed by atoms with Crippen molar-refractivity contribution in [2.24, 2.45) is 0 Å². The Balaban J connectivity index is 2.28. The third-order valence-corrected chi connectivity index (χ3v) is 2.88. The van der Waals surface area contributed by atoms with E-state index >= 15 is 0 Å². The number of hydrogen-bond donors (Lipinski definition) is 0. The Morgan fingerprint density at radius 3 is 2.59 bits per heavy atom. The third-order valence-electron chi connectivity index (χ3n) is 2.88. The second-order valence-electron chi connectivity index (χ2n) is 4.38. The molecule has 6 heteroatoms. The summed E-state index contributed by atoms with van der Waals surface area (Å²) in [6.45, 7) is 3.74. The van der Waals surface area contributed by atoms with Crippen LogP contribution in [-0.2, 0) is 9.47 Å². The fourth-order valence-electron chi connectivity index (χ4n) is 1.85. The Morgan fingerprint density at radius 1 is 1.14 bits per heavy atom. The smallest absolute Gasteiger partial charge is 0.374 e. The van der Waals surface area contributed by atoms with Crippen LogP contribution in [0.25, 0.3) is 0 Å². The molecule has 0 aliphatic rings. The van der Waals surface area contributed by atoms with Crippen molar-refractivity contribution in [3.05, 3.63) is 47.2 Å². The van der Waals surface area contributed by atoms with Gasteiger partial charge in [0.25, 0.3) is 5.95 Å². The van der Waals surface area contributed by atoms with Crippen LogP contribution in [0.1, 0.15) is 33.4 Å². The third kappa shape index (κ3) is 3.28. The number of esters is 2. The molecule has 0 saturated carbocycles. The predicted molar refractivity (Wildman–Crippen MR) is 77.3 cm³/mol.